The van der Waals surface area contributed by atoms with Crippen molar-refractivity contribution >= 4 is 9.84 Å². The summed E-state index contributed by atoms with van der Waals surface area (Å²) >= 11 is 0. The van der Waals surface area contributed by atoms with Crippen LogP contribution in [-0.2, 0) is 9.84 Å². The summed E-state index contributed by atoms with van der Waals surface area (Å²) in [5, 5.41) is 3.26. The van der Waals surface area contributed by atoms with E-state index in [1.165, 1.54) is 6.26 Å². The molecule has 0 aliphatic carbocycles. The van der Waals surface area contributed by atoms with Gasteiger partial charge in [0.25, 0.3) is 0 Å². The van der Waals surface area contributed by atoms with E-state index in [9.17, 15) is 8.42 Å². The first-order valence-corrected chi connectivity index (χ1v) is 8.13. The first kappa shape index (κ1) is 16.0. The molecule has 0 amide bonds. The van der Waals surface area contributed by atoms with E-state index in [4.69, 9.17) is 4.74 Å². The van der Waals surface area contributed by atoms with Gasteiger partial charge in [-0.1, -0.05) is 12.1 Å². The molecule has 4 nitrogen and oxygen atoms in total. The second-order valence-electron chi connectivity index (χ2n) is 5.41. The maximum atomic E-state index is 11.6. The number of nitrogens with one attached hydrogen (secondary N) is 1. The predicted octanol–water partition coefficient (Wildman–Crippen LogP) is 2.17. The minimum absolute atomic E-state index is 0.0898. The monoisotopic (exact) mass is 285 g/mol. The molecule has 108 valence electrons. The van der Waals surface area contributed by atoms with E-state index >= 15 is 0 Å². The smallest absolute Gasteiger partial charge is 0.153 e. The fourth-order valence-corrected chi connectivity index (χ4v) is 1.89. The molecule has 0 bridgehead atoms. The van der Waals surface area contributed by atoms with Crippen molar-refractivity contribution in [3.63, 3.8) is 0 Å². The van der Waals surface area contributed by atoms with Gasteiger partial charge in [-0.3, -0.25) is 0 Å². The van der Waals surface area contributed by atoms with Crippen LogP contribution in [0, 0.1) is 0 Å². The largest absolute Gasteiger partial charge is 0.497 e. The Morgan fingerprint density at radius 1 is 1.26 bits per heavy atom. The van der Waals surface area contributed by atoms with Crippen molar-refractivity contribution in [1.29, 1.82) is 0 Å². The molecule has 0 aliphatic rings. The zero-order valence-corrected chi connectivity index (χ0v) is 13.0. The third-order valence-corrected chi connectivity index (χ3v) is 5.61. The van der Waals surface area contributed by atoms with Crippen LogP contribution < -0.4 is 10.1 Å². The lowest BCUT2D eigenvalue weighted by Crippen LogP contribution is -2.42. The average Bonchev–Trinajstić information content (AvgIpc) is 2.35. The summed E-state index contributed by atoms with van der Waals surface area (Å²) < 4.78 is 27.6. The Balaban J connectivity index is 2.67. The molecule has 5 heteroatoms. The van der Waals surface area contributed by atoms with E-state index < -0.39 is 14.6 Å². The molecule has 1 aromatic carbocycles. The highest BCUT2D eigenvalue weighted by Gasteiger charge is 2.30. The molecular weight excluding hydrogens is 262 g/mol. The van der Waals surface area contributed by atoms with Crippen LogP contribution in [0.5, 0.6) is 5.75 Å². The zero-order valence-electron chi connectivity index (χ0n) is 12.2. The predicted molar refractivity (Wildman–Crippen MR) is 78.3 cm³/mol. The summed E-state index contributed by atoms with van der Waals surface area (Å²) in [4.78, 5) is 0. The molecule has 0 aromatic heterocycles. The van der Waals surface area contributed by atoms with E-state index in [1.54, 1.807) is 21.0 Å². The normalized spacial score (nSPS) is 14.2. The Morgan fingerprint density at radius 2 is 1.79 bits per heavy atom. The molecule has 0 saturated heterocycles. The van der Waals surface area contributed by atoms with Gasteiger partial charge >= 0.3 is 0 Å². The zero-order chi connectivity index (χ0) is 14.7. The fraction of sp³-hybridized carbons (Fsp3) is 0.571. The van der Waals surface area contributed by atoms with Crippen LogP contribution in [-0.4, -0.2) is 33.1 Å². The highest BCUT2D eigenvalue weighted by molar-refractivity contribution is 7.92. The number of sulfone groups is 1. The molecule has 1 aromatic rings. The Hall–Kier alpha value is -1.07. The highest BCUT2D eigenvalue weighted by atomic mass is 32.2. The van der Waals surface area contributed by atoms with E-state index in [0.717, 1.165) is 11.3 Å². The molecule has 0 aliphatic heterocycles. The number of ether oxygens (including phenoxy) is 1. The fourth-order valence-electron chi connectivity index (χ4n) is 1.54. The SMILES string of the molecule is COc1ccc(C(C)NCC(C)(C)S(C)(=O)=O)cc1. The third kappa shape index (κ3) is 4.21. The molecule has 1 rings (SSSR count). The first-order valence-electron chi connectivity index (χ1n) is 6.24. The summed E-state index contributed by atoms with van der Waals surface area (Å²) in [6, 6.07) is 7.84. The summed E-state index contributed by atoms with van der Waals surface area (Å²) in [7, 11) is -1.44. The van der Waals surface area contributed by atoms with Gasteiger partial charge < -0.3 is 10.1 Å². The van der Waals surface area contributed by atoms with Gasteiger partial charge in [0.05, 0.1) is 11.9 Å². The van der Waals surface area contributed by atoms with Crippen molar-refractivity contribution in [2.75, 3.05) is 19.9 Å². The summed E-state index contributed by atoms with van der Waals surface area (Å²) in [6.45, 7) is 5.89. The van der Waals surface area contributed by atoms with Crippen LogP contribution in [0.1, 0.15) is 32.4 Å². The van der Waals surface area contributed by atoms with E-state index in [1.807, 2.05) is 31.2 Å². The number of rotatable bonds is 6. The lowest BCUT2D eigenvalue weighted by molar-refractivity contribution is 0.414. The molecular formula is C14H23NO3S. The van der Waals surface area contributed by atoms with Gasteiger partial charge in [-0.2, -0.15) is 0 Å². The highest BCUT2D eigenvalue weighted by Crippen LogP contribution is 2.19. The van der Waals surface area contributed by atoms with Crippen molar-refractivity contribution in [1.82, 2.24) is 5.32 Å². The molecule has 1 unspecified atom stereocenters. The maximum Gasteiger partial charge on any atom is 0.153 e. The molecule has 0 heterocycles. The van der Waals surface area contributed by atoms with Crippen molar-refractivity contribution in [3.8, 4) is 5.75 Å². The van der Waals surface area contributed by atoms with Crippen LogP contribution in [0.2, 0.25) is 0 Å². The molecule has 0 radical (unpaired) electrons. The number of hydrogen-bond donors (Lipinski definition) is 1. The van der Waals surface area contributed by atoms with Crippen LogP contribution >= 0.6 is 0 Å². The summed E-state index contributed by atoms with van der Waals surface area (Å²) in [6.07, 6.45) is 1.27. The van der Waals surface area contributed by atoms with Gasteiger partial charge in [-0.25, -0.2) is 8.42 Å². The van der Waals surface area contributed by atoms with E-state index in [-0.39, 0.29) is 6.04 Å². The number of benzene rings is 1. The van der Waals surface area contributed by atoms with Crippen molar-refractivity contribution in [2.45, 2.75) is 31.6 Å². The third-order valence-electron chi connectivity index (χ3n) is 3.45. The minimum atomic E-state index is -3.07. The van der Waals surface area contributed by atoms with Gasteiger partial charge in [0.2, 0.25) is 0 Å². The van der Waals surface area contributed by atoms with E-state index in [0.29, 0.717) is 6.54 Å². The summed E-state index contributed by atoms with van der Waals surface area (Å²) in [5.41, 5.74) is 1.10. The van der Waals surface area contributed by atoms with Crippen LogP contribution in [0.4, 0.5) is 0 Å². The van der Waals surface area contributed by atoms with Gasteiger partial charge in [0.15, 0.2) is 9.84 Å². The van der Waals surface area contributed by atoms with Gasteiger partial charge in [0, 0.05) is 18.8 Å². The topological polar surface area (TPSA) is 55.4 Å². The second kappa shape index (κ2) is 5.92. The number of methoxy groups -OCH3 is 1. The van der Waals surface area contributed by atoms with Gasteiger partial charge in [0.1, 0.15) is 5.75 Å². The van der Waals surface area contributed by atoms with Gasteiger partial charge in [-0.15, -0.1) is 0 Å². The van der Waals surface area contributed by atoms with Crippen molar-refractivity contribution < 1.29 is 13.2 Å². The lowest BCUT2D eigenvalue weighted by atomic mass is 10.1. The van der Waals surface area contributed by atoms with Gasteiger partial charge in [-0.05, 0) is 38.5 Å². The van der Waals surface area contributed by atoms with Crippen LogP contribution in [0.25, 0.3) is 0 Å². The molecule has 0 saturated carbocycles. The standard InChI is InChI=1S/C14H23NO3S/c1-11(12-6-8-13(18-4)9-7-12)15-10-14(2,3)19(5,16)17/h6-9,11,15H,10H2,1-5H3. The Labute approximate surface area is 116 Å². The molecule has 0 spiro atoms. The Kier molecular flexibility index (Phi) is 4.98. The molecule has 0 fully saturated rings. The maximum absolute atomic E-state index is 11.6. The molecule has 19 heavy (non-hydrogen) atoms. The van der Waals surface area contributed by atoms with E-state index in [2.05, 4.69) is 5.32 Å². The lowest BCUT2D eigenvalue weighted by Gasteiger charge is -2.25. The molecule has 1 N–H and O–H groups in total. The minimum Gasteiger partial charge on any atom is -0.497 e. The molecule has 1 atom stereocenters. The average molecular weight is 285 g/mol. The quantitative estimate of drug-likeness (QED) is 0.870. The van der Waals surface area contributed by atoms with Crippen molar-refractivity contribution in [2.24, 2.45) is 0 Å². The summed E-state index contributed by atoms with van der Waals surface area (Å²) in [5.74, 6) is 0.812. The van der Waals surface area contributed by atoms with Crippen molar-refractivity contribution in [3.05, 3.63) is 29.8 Å². The number of hydrogen-bond acceptors (Lipinski definition) is 4. The first-order chi connectivity index (χ1) is 8.67. The Bertz CT molecular complexity index is 506. The Morgan fingerprint density at radius 3 is 2.21 bits per heavy atom. The van der Waals surface area contributed by atoms with Crippen LogP contribution in [0.3, 0.4) is 0 Å². The second-order valence-corrected chi connectivity index (χ2v) is 8.06. The van der Waals surface area contributed by atoms with Crippen LogP contribution in [0.15, 0.2) is 24.3 Å².